The first-order valence-corrected chi connectivity index (χ1v) is 8.75. The summed E-state index contributed by atoms with van der Waals surface area (Å²) < 4.78 is 38.4. The molecule has 1 rings (SSSR count). The quantitative estimate of drug-likeness (QED) is 0.568. The van der Waals surface area contributed by atoms with E-state index in [2.05, 4.69) is 4.90 Å². The standard InChI is InChI=1S/C13H25FN2O4S/c1-13(2,3)20-12(17)16-9-7-15(8-10-16)6-4-5-11-21(14,18)19/h4-11H2,1-3H3. The third-order valence-corrected chi connectivity index (χ3v) is 3.91. The smallest absolute Gasteiger partial charge is 0.410 e. The van der Waals surface area contributed by atoms with Crippen molar-refractivity contribution in [2.75, 3.05) is 38.5 Å². The number of unbranched alkanes of at least 4 members (excludes halogenated alkanes) is 1. The molecule has 1 saturated heterocycles. The van der Waals surface area contributed by atoms with Crippen molar-refractivity contribution in [3.05, 3.63) is 0 Å². The van der Waals surface area contributed by atoms with E-state index in [1.54, 1.807) is 4.90 Å². The van der Waals surface area contributed by atoms with Crippen LogP contribution >= 0.6 is 0 Å². The molecule has 124 valence electrons. The first-order chi connectivity index (χ1) is 9.57. The van der Waals surface area contributed by atoms with Crippen molar-refractivity contribution in [1.29, 1.82) is 0 Å². The largest absolute Gasteiger partial charge is 0.444 e. The molecule has 0 unspecified atom stereocenters. The Kier molecular flexibility index (Phi) is 6.40. The van der Waals surface area contributed by atoms with Crippen molar-refractivity contribution in [2.24, 2.45) is 0 Å². The lowest BCUT2D eigenvalue weighted by atomic mass is 10.2. The maximum atomic E-state index is 12.3. The molecule has 0 atom stereocenters. The van der Waals surface area contributed by atoms with Crippen molar-refractivity contribution in [3.63, 3.8) is 0 Å². The molecule has 6 nitrogen and oxygen atoms in total. The second-order valence-electron chi connectivity index (χ2n) is 6.26. The summed E-state index contributed by atoms with van der Waals surface area (Å²) >= 11 is 0. The zero-order valence-electron chi connectivity index (χ0n) is 13.0. The molecule has 1 fully saturated rings. The van der Waals surface area contributed by atoms with E-state index in [-0.39, 0.29) is 6.09 Å². The molecular weight excluding hydrogens is 299 g/mol. The van der Waals surface area contributed by atoms with E-state index in [1.165, 1.54) is 0 Å². The lowest BCUT2D eigenvalue weighted by Gasteiger charge is -2.35. The average Bonchev–Trinajstić information content (AvgIpc) is 2.32. The molecule has 1 aliphatic rings. The lowest BCUT2D eigenvalue weighted by Crippen LogP contribution is -2.50. The molecule has 0 saturated carbocycles. The highest BCUT2D eigenvalue weighted by atomic mass is 32.3. The number of rotatable bonds is 5. The van der Waals surface area contributed by atoms with Gasteiger partial charge >= 0.3 is 16.3 Å². The second-order valence-corrected chi connectivity index (χ2v) is 7.75. The molecule has 0 aliphatic carbocycles. The van der Waals surface area contributed by atoms with Crippen LogP contribution < -0.4 is 0 Å². The van der Waals surface area contributed by atoms with Crippen LogP contribution in [0.5, 0.6) is 0 Å². The van der Waals surface area contributed by atoms with Crippen LogP contribution in [0.3, 0.4) is 0 Å². The van der Waals surface area contributed by atoms with Gasteiger partial charge in [0, 0.05) is 26.2 Å². The monoisotopic (exact) mass is 324 g/mol. The zero-order chi connectivity index (χ0) is 16.1. The van der Waals surface area contributed by atoms with Gasteiger partial charge in [-0.15, -0.1) is 3.89 Å². The number of piperazine rings is 1. The molecule has 0 spiro atoms. The normalized spacial score (nSPS) is 17.8. The summed E-state index contributed by atoms with van der Waals surface area (Å²) in [6.07, 6.45) is 0.659. The van der Waals surface area contributed by atoms with Crippen molar-refractivity contribution < 1.29 is 21.8 Å². The number of amides is 1. The Morgan fingerprint density at radius 3 is 2.19 bits per heavy atom. The molecule has 0 N–H and O–H groups in total. The highest BCUT2D eigenvalue weighted by molar-refractivity contribution is 7.86. The highest BCUT2D eigenvalue weighted by Crippen LogP contribution is 2.12. The Hall–Kier alpha value is -0.890. The lowest BCUT2D eigenvalue weighted by molar-refractivity contribution is 0.0144. The fourth-order valence-corrected chi connectivity index (χ4v) is 2.64. The Bertz CT molecular complexity index is 440. The molecule has 0 bridgehead atoms. The van der Waals surface area contributed by atoms with E-state index < -0.39 is 21.6 Å². The number of carbonyl (C=O) groups is 1. The minimum absolute atomic E-state index is 0.300. The van der Waals surface area contributed by atoms with Gasteiger partial charge in [-0.2, -0.15) is 8.42 Å². The molecule has 21 heavy (non-hydrogen) atoms. The van der Waals surface area contributed by atoms with Gasteiger partial charge in [0.1, 0.15) is 5.60 Å². The molecule has 1 amide bonds. The van der Waals surface area contributed by atoms with E-state index in [0.717, 1.165) is 19.6 Å². The summed E-state index contributed by atoms with van der Waals surface area (Å²) in [5.74, 6) is -0.412. The van der Waals surface area contributed by atoms with Crippen LogP contribution in [0, 0.1) is 0 Å². The minimum atomic E-state index is -4.35. The maximum Gasteiger partial charge on any atom is 0.410 e. The maximum absolute atomic E-state index is 12.3. The third-order valence-electron chi connectivity index (χ3n) is 3.14. The van der Waals surface area contributed by atoms with Crippen molar-refractivity contribution >= 4 is 16.3 Å². The molecule has 0 radical (unpaired) electrons. The van der Waals surface area contributed by atoms with Gasteiger partial charge in [-0.25, -0.2) is 4.79 Å². The summed E-state index contributed by atoms with van der Waals surface area (Å²) in [6.45, 7) is 8.85. The summed E-state index contributed by atoms with van der Waals surface area (Å²) in [6, 6.07) is 0. The Balaban J connectivity index is 2.22. The zero-order valence-corrected chi connectivity index (χ0v) is 13.8. The average molecular weight is 324 g/mol. The second kappa shape index (κ2) is 7.40. The van der Waals surface area contributed by atoms with Gasteiger partial charge in [-0.05, 0) is 40.2 Å². The Morgan fingerprint density at radius 1 is 1.14 bits per heavy atom. The number of carbonyl (C=O) groups excluding carboxylic acids is 1. The van der Waals surface area contributed by atoms with Crippen LogP contribution in [0.1, 0.15) is 33.6 Å². The number of hydrogen-bond donors (Lipinski definition) is 0. The minimum Gasteiger partial charge on any atom is -0.444 e. The van der Waals surface area contributed by atoms with Gasteiger partial charge in [-0.3, -0.25) is 4.90 Å². The van der Waals surface area contributed by atoms with Gasteiger partial charge < -0.3 is 9.64 Å². The number of ether oxygens (including phenoxy) is 1. The Labute approximate surface area is 126 Å². The van der Waals surface area contributed by atoms with Gasteiger partial charge in [0.2, 0.25) is 0 Å². The van der Waals surface area contributed by atoms with Gasteiger partial charge in [-0.1, -0.05) is 0 Å². The van der Waals surface area contributed by atoms with Gasteiger partial charge in [0.25, 0.3) is 0 Å². The van der Waals surface area contributed by atoms with Crippen LogP contribution in [-0.2, 0) is 15.0 Å². The number of halogens is 1. The fourth-order valence-electron chi connectivity index (χ4n) is 2.09. The first-order valence-electron chi connectivity index (χ1n) is 7.19. The van der Waals surface area contributed by atoms with Crippen molar-refractivity contribution in [1.82, 2.24) is 9.80 Å². The van der Waals surface area contributed by atoms with E-state index in [4.69, 9.17) is 4.74 Å². The van der Waals surface area contributed by atoms with Crippen LogP contribution in [0.15, 0.2) is 0 Å². The van der Waals surface area contributed by atoms with Gasteiger partial charge in [0.05, 0.1) is 5.75 Å². The number of nitrogens with zero attached hydrogens (tertiary/aromatic N) is 2. The summed E-state index contributed by atoms with van der Waals surface area (Å²) in [7, 11) is -4.35. The predicted molar refractivity (Wildman–Crippen MR) is 78.4 cm³/mol. The Morgan fingerprint density at radius 2 is 1.71 bits per heavy atom. The summed E-state index contributed by atoms with van der Waals surface area (Å²) in [5, 5.41) is 0. The van der Waals surface area contributed by atoms with E-state index in [0.29, 0.717) is 25.9 Å². The third kappa shape index (κ3) is 8.21. The van der Waals surface area contributed by atoms with E-state index in [1.807, 2.05) is 20.8 Å². The molecule has 1 heterocycles. The van der Waals surface area contributed by atoms with Crippen molar-refractivity contribution in [2.45, 2.75) is 39.2 Å². The van der Waals surface area contributed by atoms with Crippen LogP contribution in [0.25, 0.3) is 0 Å². The molecular formula is C13H25FN2O4S. The highest BCUT2D eigenvalue weighted by Gasteiger charge is 2.25. The van der Waals surface area contributed by atoms with Crippen LogP contribution in [-0.4, -0.2) is 68.4 Å². The number of hydrogen-bond acceptors (Lipinski definition) is 5. The van der Waals surface area contributed by atoms with E-state index in [9.17, 15) is 17.1 Å². The van der Waals surface area contributed by atoms with E-state index >= 15 is 0 Å². The molecule has 8 heteroatoms. The molecule has 0 aromatic rings. The first kappa shape index (κ1) is 18.2. The molecule has 0 aromatic carbocycles. The molecule has 0 aromatic heterocycles. The topological polar surface area (TPSA) is 66.9 Å². The van der Waals surface area contributed by atoms with Crippen molar-refractivity contribution in [3.8, 4) is 0 Å². The summed E-state index contributed by atoms with van der Waals surface area (Å²) in [4.78, 5) is 15.7. The molecule has 1 aliphatic heterocycles. The van der Waals surface area contributed by atoms with Crippen LogP contribution in [0.2, 0.25) is 0 Å². The van der Waals surface area contributed by atoms with Gasteiger partial charge in [0.15, 0.2) is 0 Å². The SMILES string of the molecule is CC(C)(C)OC(=O)N1CCN(CCCCS(=O)(=O)F)CC1. The fraction of sp³-hybridized carbons (Fsp3) is 0.923. The summed E-state index contributed by atoms with van der Waals surface area (Å²) in [5.41, 5.74) is -0.494. The van der Waals surface area contributed by atoms with Crippen LogP contribution in [0.4, 0.5) is 8.68 Å². The predicted octanol–water partition coefficient (Wildman–Crippen LogP) is 1.62.